The zero-order valence-corrected chi connectivity index (χ0v) is 12.5. The van der Waals surface area contributed by atoms with E-state index >= 15 is 0 Å². The maximum absolute atomic E-state index is 11.9. The number of tetrazole rings is 1. The van der Waals surface area contributed by atoms with Gasteiger partial charge in [0.05, 0.1) is 6.61 Å². The van der Waals surface area contributed by atoms with E-state index in [1.54, 1.807) is 6.92 Å². The molecule has 0 atom stereocenters. The van der Waals surface area contributed by atoms with E-state index in [4.69, 9.17) is 4.74 Å². The lowest BCUT2D eigenvalue weighted by Crippen LogP contribution is -2.35. The van der Waals surface area contributed by atoms with Gasteiger partial charge in [0.1, 0.15) is 13.1 Å². The number of aromatic nitrogens is 4. The van der Waals surface area contributed by atoms with Crippen LogP contribution in [0, 0.1) is 0 Å². The molecule has 0 saturated heterocycles. The Balaban J connectivity index is 1.92. The van der Waals surface area contributed by atoms with Crippen LogP contribution in [0.25, 0.3) is 11.4 Å². The van der Waals surface area contributed by atoms with Gasteiger partial charge in [0.25, 0.3) is 0 Å². The highest BCUT2D eigenvalue weighted by atomic mass is 32.1. The molecule has 0 aliphatic heterocycles. The molecule has 0 unspecified atom stereocenters. The van der Waals surface area contributed by atoms with Gasteiger partial charge in [-0.25, -0.2) is 0 Å². The number of nitrogens with zero attached hydrogens (tertiary/aromatic N) is 5. The summed E-state index contributed by atoms with van der Waals surface area (Å²) < 4.78 is 4.78. The van der Waals surface area contributed by atoms with Gasteiger partial charge < -0.3 is 9.64 Å². The van der Waals surface area contributed by atoms with Crippen LogP contribution in [0.4, 0.5) is 0 Å². The molecule has 9 heteroatoms. The van der Waals surface area contributed by atoms with Crippen LogP contribution >= 0.6 is 11.3 Å². The summed E-state index contributed by atoms with van der Waals surface area (Å²) in [7, 11) is 1.52. The second-order valence-electron chi connectivity index (χ2n) is 4.21. The summed E-state index contributed by atoms with van der Waals surface area (Å²) in [5, 5.41) is 15.7. The molecule has 2 rings (SSSR count). The molecule has 0 N–H and O–H groups in total. The minimum absolute atomic E-state index is 0.0763. The minimum atomic E-state index is -0.445. The van der Waals surface area contributed by atoms with E-state index in [1.165, 1.54) is 28.1 Å². The van der Waals surface area contributed by atoms with Crippen LogP contribution in [-0.2, 0) is 20.9 Å². The molecule has 0 radical (unpaired) electrons. The molecular formula is C12H15N5O3S. The van der Waals surface area contributed by atoms with E-state index in [1.807, 2.05) is 16.8 Å². The van der Waals surface area contributed by atoms with Gasteiger partial charge in [0.15, 0.2) is 0 Å². The number of rotatable bonds is 6. The van der Waals surface area contributed by atoms with Crippen molar-refractivity contribution < 1.29 is 14.3 Å². The standard InChI is InChI=1S/C12H15N5O3S/c1-3-20-11(19)7-16(2)10(18)6-17-14-12(13-15-17)9-4-5-21-8-9/h4-5,8H,3,6-7H2,1-2H3. The minimum Gasteiger partial charge on any atom is -0.465 e. The third kappa shape index (κ3) is 4.09. The Morgan fingerprint density at radius 1 is 1.48 bits per heavy atom. The molecular weight excluding hydrogens is 294 g/mol. The van der Waals surface area contributed by atoms with E-state index in [2.05, 4.69) is 15.4 Å². The van der Waals surface area contributed by atoms with Crippen LogP contribution in [0.2, 0.25) is 0 Å². The Hall–Kier alpha value is -2.29. The Labute approximate surface area is 125 Å². The fourth-order valence-electron chi connectivity index (χ4n) is 1.55. The van der Waals surface area contributed by atoms with Gasteiger partial charge in [-0.3, -0.25) is 9.59 Å². The molecule has 0 fully saturated rings. The van der Waals surface area contributed by atoms with E-state index in [0.29, 0.717) is 5.82 Å². The number of hydrogen-bond acceptors (Lipinski definition) is 7. The normalized spacial score (nSPS) is 10.4. The van der Waals surface area contributed by atoms with E-state index < -0.39 is 5.97 Å². The summed E-state index contributed by atoms with van der Waals surface area (Å²) in [5.74, 6) is -0.270. The maximum Gasteiger partial charge on any atom is 0.325 e. The second kappa shape index (κ2) is 6.93. The molecule has 8 nitrogen and oxygen atoms in total. The molecule has 0 aliphatic carbocycles. The first-order chi connectivity index (χ1) is 10.1. The van der Waals surface area contributed by atoms with Crippen molar-refractivity contribution >= 4 is 23.2 Å². The zero-order chi connectivity index (χ0) is 15.2. The Morgan fingerprint density at radius 2 is 2.29 bits per heavy atom. The van der Waals surface area contributed by atoms with Crippen molar-refractivity contribution in [2.45, 2.75) is 13.5 Å². The fourth-order valence-corrected chi connectivity index (χ4v) is 2.18. The maximum atomic E-state index is 11.9. The lowest BCUT2D eigenvalue weighted by molar-refractivity contribution is -0.148. The summed E-state index contributed by atoms with van der Waals surface area (Å²) in [5.41, 5.74) is 0.860. The van der Waals surface area contributed by atoms with Gasteiger partial charge in [-0.1, -0.05) is 0 Å². The highest BCUT2D eigenvalue weighted by Gasteiger charge is 2.16. The molecule has 21 heavy (non-hydrogen) atoms. The molecule has 0 spiro atoms. The first-order valence-electron chi connectivity index (χ1n) is 6.30. The van der Waals surface area contributed by atoms with Crippen molar-refractivity contribution in [2.24, 2.45) is 0 Å². The number of ether oxygens (including phenoxy) is 1. The molecule has 0 aliphatic rings. The molecule has 2 aromatic heterocycles. The SMILES string of the molecule is CCOC(=O)CN(C)C(=O)Cn1nnc(-c2ccsc2)n1. The number of esters is 1. The molecule has 0 bridgehead atoms. The van der Waals surface area contributed by atoms with Gasteiger partial charge in [0.2, 0.25) is 11.7 Å². The number of carbonyl (C=O) groups is 2. The molecule has 2 aromatic rings. The van der Waals surface area contributed by atoms with Crippen molar-refractivity contribution in [3.63, 3.8) is 0 Å². The number of thiophene rings is 1. The van der Waals surface area contributed by atoms with E-state index in [-0.39, 0.29) is 25.6 Å². The lowest BCUT2D eigenvalue weighted by atomic mass is 10.3. The summed E-state index contributed by atoms with van der Waals surface area (Å²) in [6, 6.07) is 1.88. The Morgan fingerprint density at radius 3 is 2.95 bits per heavy atom. The van der Waals surface area contributed by atoms with Gasteiger partial charge in [-0.2, -0.15) is 16.1 Å². The number of hydrogen-bond donors (Lipinski definition) is 0. The first-order valence-corrected chi connectivity index (χ1v) is 7.24. The van der Waals surface area contributed by atoms with Gasteiger partial charge in [0, 0.05) is 18.0 Å². The highest BCUT2D eigenvalue weighted by molar-refractivity contribution is 7.08. The Kier molecular flexibility index (Phi) is 4.99. The van der Waals surface area contributed by atoms with Crippen LogP contribution in [0.3, 0.4) is 0 Å². The molecule has 2 heterocycles. The summed E-state index contributed by atoms with van der Waals surface area (Å²) >= 11 is 1.53. The molecule has 0 aromatic carbocycles. The second-order valence-corrected chi connectivity index (χ2v) is 4.99. The van der Waals surface area contributed by atoms with Crippen LogP contribution in [-0.4, -0.2) is 57.2 Å². The summed E-state index contributed by atoms with van der Waals surface area (Å²) in [6.45, 7) is 1.83. The Bertz CT molecular complexity index is 610. The van der Waals surface area contributed by atoms with Gasteiger partial charge in [-0.05, 0) is 23.6 Å². The smallest absolute Gasteiger partial charge is 0.325 e. The van der Waals surface area contributed by atoms with Crippen molar-refractivity contribution in [3.05, 3.63) is 16.8 Å². The van der Waals surface area contributed by atoms with Crippen molar-refractivity contribution in [2.75, 3.05) is 20.2 Å². The highest BCUT2D eigenvalue weighted by Crippen LogP contribution is 2.16. The van der Waals surface area contributed by atoms with Crippen molar-refractivity contribution in [3.8, 4) is 11.4 Å². The lowest BCUT2D eigenvalue weighted by Gasteiger charge is -2.15. The average molecular weight is 309 g/mol. The van der Waals surface area contributed by atoms with Gasteiger partial charge >= 0.3 is 5.97 Å². The monoisotopic (exact) mass is 309 g/mol. The van der Waals surface area contributed by atoms with Crippen molar-refractivity contribution in [1.82, 2.24) is 25.1 Å². The van der Waals surface area contributed by atoms with Crippen LogP contribution in [0.5, 0.6) is 0 Å². The van der Waals surface area contributed by atoms with E-state index in [0.717, 1.165) is 5.56 Å². The third-order valence-electron chi connectivity index (χ3n) is 2.61. The van der Waals surface area contributed by atoms with Crippen LogP contribution in [0.1, 0.15) is 6.92 Å². The zero-order valence-electron chi connectivity index (χ0n) is 11.7. The molecule has 0 saturated carbocycles. The van der Waals surface area contributed by atoms with Crippen molar-refractivity contribution in [1.29, 1.82) is 0 Å². The first kappa shape index (κ1) is 15.1. The molecule has 1 amide bonds. The van der Waals surface area contributed by atoms with Crippen LogP contribution in [0.15, 0.2) is 16.8 Å². The largest absolute Gasteiger partial charge is 0.465 e. The predicted octanol–water partition coefficient (Wildman–Crippen LogP) is 0.423. The summed E-state index contributed by atoms with van der Waals surface area (Å²) in [4.78, 5) is 25.7. The number of carbonyl (C=O) groups excluding carboxylic acids is 2. The van der Waals surface area contributed by atoms with E-state index in [9.17, 15) is 9.59 Å². The number of likely N-dealkylation sites (N-methyl/N-ethyl adjacent to an activating group) is 1. The van der Waals surface area contributed by atoms with Gasteiger partial charge in [-0.15, -0.1) is 10.2 Å². The summed E-state index contributed by atoms with van der Waals surface area (Å²) in [6.07, 6.45) is 0. The predicted molar refractivity (Wildman–Crippen MR) is 75.4 cm³/mol. The third-order valence-corrected chi connectivity index (χ3v) is 3.29. The average Bonchev–Trinajstić information content (AvgIpc) is 3.08. The molecule has 112 valence electrons. The topological polar surface area (TPSA) is 90.2 Å². The van der Waals surface area contributed by atoms with Crippen LogP contribution < -0.4 is 0 Å². The quantitative estimate of drug-likeness (QED) is 0.719. The fraction of sp³-hybridized carbons (Fsp3) is 0.417. The number of amides is 1.